The number of hydrogen-bond acceptors (Lipinski definition) is 2. The number of fused-ring (bicyclic) bond motifs is 3. The fourth-order valence-corrected chi connectivity index (χ4v) is 4.98. The van der Waals surface area contributed by atoms with E-state index in [0.29, 0.717) is 17.8 Å². The zero-order chi connectivity index (χ0) is 21.6. The maximum absolute atomic E-state index is 13.8. The largest absolute Gasteiger partial charge is 0.351 e. The van der Waals surface area contributed by atoms with Gasteiger partial charge in [0.15, 0.2) is 0 Å². The first-order valence-electron chi connectivity index (χ1n) is 10.9. The summed E-state index contributed by atoms with van der Waals surface area (Å²) in [6, 6.07) is 16.1. The van der Waals surface area contributed by atoms with Gasteiger partial charge in [0.05, 0.1) is 6.54 Å². The normalized spacial score (nSPS) is 21.5. The highest BCUT2D eigenvalue weighted by Crippen LogP contribution is 2.34. The van der Waals surface area contributed by atoms with Crippen molar-refractivity contribution < 1.29 is 14.0 Å². The highest BCUT2D eigenvalue weighted by Gasteiger charge is 2.48. The molecule has 1 aliphatic carbocycles. The van der Waals surface area contributed by atoms with Crippen LogP contribution in [0, 0.1) is 5.82 Å². The molecule has 0 radical (unpaired) electrons. The van der Waals surface area contributed by atoms with E-state index in [1.165, 1.54) is 12.1 Å². The Hall–Kier alpha value is -3.15. The number of hydrogen-bond donors (Lipinski definition) is 1. The monoisotopic (exact) mass is 419 g/mol. The summed E-state index contributed by atoms with van der Waals surface area (Å²) < 4.78 is 15.8. The first kappa shape index (κ1) is 19.8. The van der Waals surface area contributed by atoms with Gasteiger partial charge in [0.25, 0.3) is 5.91 Å². The zero-order valence-electron chi connectivity index (χ0n) is 17.6. The Morgan fingerprint density at radius 2 is 1.90 bits per heavy atom. The first-order chi connectivity index (χ1) is 15.0. The molecule has 0 bridgehead atoms. The number of carbonyl (C=O) groups is 2. The topological polar surface area (TPSA) is 54.3 Å². The van der Waals surface area contributed by atoms with Crippen molar-refractivity contribution in [3.63, 3.8) is 0 Å². The second-order valence-electron chi connectivity index (χ2n) is 8.92. The quantitative estimate of drug-likeness (QED) is 0.687. The number of rotatable bonds is 4. The molecule has 0 unspecified atom stereocenters. The molecule has 5 nitrogen and oxygen atoms in total. The molecule has 1 fully saturated rings. The summed E-state index contributed by atoms with van der Waals surface area (Å²) in [4.78, 5) is 28.8. The van der Waals surface area contributed by atoms with Crippen molar-refractivity contribution in [1.82, 2.24) is 14.8 Å². The van der Waals surface area contributed by atoms with Gasteiger partial charge in [-0.05, 0) is 49.6 Å². The summed E-state index contributed by atoms with van der Waals surface area (Å²) in [5.74, 6) is -0.712. The SMILES string of the molecule is C[C@@]1(C(=O)NC2CCCC2)Cn2c(cc3ccccc32)C(=O)N1Cc1cccc(F)c1. The summed E-state index contributed by atoms with van der Waals surface area (Å²) in [7, 11) is 0. The van der Waals surface area contributed by atoms with Gasteiger partial charge in [-0.25, -0.2) is 4.39 Å². The molecule has 3 aromatic rings. The highest BCUT2D eigenvalue weighted by molar-refractivity contribution is 6.03. The first-order valence-corrected chi connectivity index (χ1v) is 10.9. The molecule has 1 aromatic heterocycles. The molecule has 160 valence electrons. The van der Waals surface area contributed by atoms with Crippen LogP contribution in [0.4, 0.5) is 4.39 Å². The fraction of sp³-hybridized carbons (Fsp3) is 0.360. The van der Waals surface area contributed by atoms with E-state index in [4.69, 9.17) is 0 Å². The predicted molar refractivity (Wildman–Crippen MR) is 117 cm³/mol. The van der Waals surface area contributed by atoms with Gasteiger partial charge in [-0.15, -0.1) is 0 Å². The van der Waals surface area contributed by atoms with Gasteiger partial charge in [0.2, 0.25) is 5.91 Å². The van der Waals surface area contributed by atoms with Crippen LogP contribution >= 0.6 is 0 Å². The smallest absolute Gasteiger partial charge is 0.271 e. The zero-order valence-corrected chi connectivity index (χ0v) is 17.6. The molecule has 1 saturated carbocycles. The van der Waals surface area contributed by atoms with Gasteiger partial charge in [0.1, 0.15) is 17.1 Å². The Kier molecular flexibility index (Phi) is 4.80. The minimum atomic E-state index is -1.08. The summed E-state index contributed by atoms with van der Waals surface area (Å²) in [5.41, 5.74) is 1.08. The molecule has 2 heterocycles. The number of amides is 2. The van der Waals surface area contributed by atoms with E-state index < -0.39 is 5.54 Å². The third-order valence-electron chi connectivity index (χ3n) is 6.75. The highest BCUT2D eigenvalue weighted by atomic mass is 19.1. The van der Waals surface area contributed by atoms with Crippen molar-refractivity contribution in [3.8, 4) is 0 Å². The summed E-state index contributed by atoms with van der Waals surface area (Å²) in [6.07, 6.45) is 4.16. The molecule has 2 amide bonds. The van der Waals surface area contributed by atoms with Crippen molar-refractivity contribution in [2.75, 3.05) is 0 Å². The van der Waals surface area contributed by atoms with E-state index in [0.717, 1.165) is 36.6 Å². The molecular weight excluding hydrogens is 393 g/mol. The van der Waals surface area contributed by atoms with Gasteiger partial charge in [-0.1, -0.05) is 43.2 Å². The van der Waals surface area contributed by atoms with Crippen LogP contribution in [0.15, 0.2) is 54.6 Å². The maximum Gasteiger partial charge on any atom is 0.271 e. The van der Waals surface area contributed by atoms with Crippen molar-refractivity contribution in [1.29, 1.82) is 0 Å². The van der Waals surface area contributed by atoms with Crippen LogP contribution in [-0.2, 0) is 17.9 Å². The average Bonchev–Trinajstić information content (AvgIpc) is 3.39. The van der Waals surface area contributed by atoms with E-state index in [-0.39, 0.29) is 30.2 Å². The molecule has 1 N–H and O–H groups in total. The van der Waals surface area contributed by atoms with Crippen molar-refractivity contribution in [2.24, 2.45) is 0 Å². The second kappa shape index (κ2) is 7.52. The van der Waals surface area contributed by atoms with Gasteiger partial charge < -0.3 is 14.8 Å². The number of para-hydroxylation sites is 1. The van der Waals surface area contributed by atoms with Crippen LogP contribution in [0.25, 0.3) is 10.9 Å². The van der Waals surface area contributed by atoms with Crippen LogP contribution in [0.5, 0.6) is 0 Å². The van der Waals surface area contributed by atoms with Crippen molar-refractivity contribution in [3.05, 3.63) is 71.7 Å². The maximum atomic E-state index is 13.8. The van der Waals surface area contributed by atoms with Crippen LogP contribution < -0.4 is 5.32 Å². The molecule has 31 heavy (non-hydrogen) atoms. The Bertz CT molecular complexity index is 1160. The van der Waals surface area contributed by atoms with Crippen molar-refractivity contribution >= 4 is 22.7 Å². The molecule has 2 aliphatic rings. The Morgan fingerprint density at radius 1 is 1.13 bits per heavy atom. The lowest BCUT2D eigenvalue weighted by Gasteiger charge is -2.44. The third kappa shape index (κ3) is 3.40. The molecule has 1 atom stereocenters. The standard InChI is InChI=1S/C25H26FN3O2/c1-25(24(31)27-20-10-3-4-11-20)16-28-21-12-5-2-8-18(21)14-22(28)23(30)29(25)15-17-7-6-9-19(26)13-17/h2,5-9,12-14,20H,3-4,10-11,15-16H2,1H3,(H,27,31)/t25-/m0/s1. The predicted octanol–water partition coefficient (Wildman–Crippen LogP) is 4.25. The Balaban J connectivity index is 1.57. The molecule has 0 spiro atoms. The van der Waals surface area contributed by atoms with Gasteiger partial charge in [-0.3, -0.25) is 9.59 Å². The fourth-order valence-electron chi connectivity index (χ4n) is 4.98. The third-order valence-corrected chi connectivity index (χ3v) is 6.75. The number of benzene rings is 2. The molecule has 5 rings (SSSR count). The summed E-state index contributed by atoms with van der Waals surface area (Å²) in [5, 5.41) is 4.16. The average molecular weight is 420 g/mol. The number of aromatic nitrogens is 1. The lowest BCUT2D eigenvalue weighted by atomic mass is 9.93. The number of nitrogens with one attached hydrogen (secondary N) is 1. The number of carbonyl (C=O) groups excluding carboxylic acids is 2. The summed E-state index contributed by atoms with van der Waals surface area (Å²) >= 11 is 0. The lowest BCUT2D eigenvalue weighted by Crippen LogP contribution is -2.64. The minimum absolute atomic E-state index is 0.146. The molecule has 6 heteroatoms. The van der Waals surface area contributed by atoms with E-state index in [1.807, 2.05) is 41.8 Å². The van der Waals surface area contributed by atoms with Gasteiger partial charge >= 0.3 is 0 Å². The van der Waals surface area contributed by atoms with Crippen LogP contribution in [0.3, 0.4) is 0 Å². The Morgan fingerprint density at radius 3 is 2.68 bits per heavy atom. The van der Waals surface area contributed by atoms with Gasteiger partial charge in [0, 0.05) is 23.5 Å². The number of halogens is 1. The van der Waals surface area contributed by atoms with Crippen LogP contribution in [0.2, 0.25) is 0 Å². The molecule has 2 aromatic carbocycles. The van der Waals surface area contributed by atoms with Gasteiger partial charge in [-0.2, -0.15) is 0 Å². The van der Waals surface area contributed by atoms with E-state index in [1.54, 1.807) is 17.0 Å². The van der Waals surface area contributed by atoms with E-state index in [2.05, 4.69) is 5.32 Å². The minimum Gasteiger partial charge on any atom is -0.351 e. The summed E-state index contributed by atoms with van der Waals surface area (Å²) in [6.45, 7) is 2.36. The second-order valence-corrected chi connectivity index (χ2v) is 8.92. The number of nitrogens with zero attached hydrogens (tertiary/aromatic N) is 2. The van der Waals surface area contributed by atoms with Crippen LogP contribution in [0.1, 0.15) is 48.7 Å². The molecular formula is C25H26FN3O2. The lowest BCUT2D eigenvalue weighted by molar-refractivity contribution is -0.133. The Labute approximate surface area is 180 Å². The molecule has 0 saturated heterocycles. The van der Waals surface area contributed by atoms with E-state index >= 15 is 0 Å². The van der Waals surface area contributed by atoms with Crippen molar-refractivity contribution in [2.45, 2.75) is 57.3 Å². The van der Waals surface area contributed by atoms with E-state index in [9.17, 15) is 14.0 Å². The molecule has 1 aliphatic heterocycles. The van der Waals surface area contributed by atoms with Crippen LogP contribution in [-0.4, -0.2) is 32.9 Å².